The maximum atomic E-state index is 12.1. The molecule has 1 N–H and O–H groups in total. The summed E-state index contributed by atoms with van der Waals surface area (Å²) >= 11 is 3.34. The van der Waals surface area contributed by atoms with Crippen molar-refractivity contribution in [3.63, 3.8) is 0 Å². The van der Waals surface area contributed by atoms with E-state index >= 15 is 0 Å². The highest BCUT2D eigenvalue weighted by Gasteiger charge is 2.27. The fourth-order valence-corrected chi connectivity index (χ4v) is 3.62. The molecule has 0 heterocycles. The lowest BCUT2D eigenvalue weighted by molar-refractivity contribution is 0.179. The Hall–Kier alpha value is -0.390. The van der Waals surface area contributed by atoms with Crippen LogP contribution in [0.2, 0.25) is 0 Å². The van der Waals surface area contributed by atoms with Gasteiger partial charge in [0.1, 0.15) is 0 Å². The molecule has 0 saturated carbocycles. The van der Waals surface area contributed by atoms with Gasteiger partial charge in [0.05, 0.1) is 10.6 Å². The Morgan fingerprint density at radius 1 is 1.35 bits per heavy atom. The van der Waals surface area contributed by atoms with Crippen LogP contribution in [0, 0.1) is 12.3 Å². The van der Waals surface area contributed by atoms with Gasteiger partial charge in [0, 0.05) is 16.5 Å². The zero-order valence-corrected chi connectivity index (χ0v) is 12.6. The maximum absolute atomic E-state index is 12.1. The molecule has 1 rings (SSSR count). The van der Waals surface area contributed by atoms with E-state index < -0.39 is 15.3 Å². The summed E-state index contributed by atoms with van der Waals surface area (Å²) in [6.45, 7) is 5.16. The van der Waals surface area contributed by atoms with E-state index in [-0.39, 0.29) is 12.4 Å². The van der Waals surface area contributed by atoms with Gasteiger partial charge < -0.3 is 5.11 Å². The molecular formula is C12H17BrO3S. The number of aliphatic hydroxyl groups is 1. The van der Waals surface area contributed by atoms with Crippen molar-refractivity contribution in [1.82, 2.24) is 0 Å². The summed E-state index contributed by atoms with van der Waals surface area (Å²) in [6.07, 6.45) is 0. The second-order valence-electron chi connectivity index (χ2n) is 4.99. The van der Waals surface area contributed by atoms with Crippen molar-refractivity contribution >= 4 is 25.8 Å². The van der Waals surface area contributed by atoms with Crippen LogP contribution >= 0.6 is 15.9 Å². The van der Waals surface area contributed by atoms with Crippen molar-refractivity contribution < 1.29 is 13.5 Å². The van der Waals surface area contributed by atoms with E-state index in [0.717, 1.165) is 10.0 Å². The van der Waals surface area contributed by atoms with Gasteiger partial charge in [0.15, 0.2) is 9.84 Å². The highest BCUT2D eigenvalue weighted by molar-refractivity contribution is 9.10. The summed E-state index contributed by atoms with van der Waals surface area (Å²) in [5.41, 5.74) is 0.257. The smallest absolute Gasteiger partial charge is 0.178 e. The number of aryl methyl sites for hydroxylation is 1. The normalized spacial score (nSPS) is 12.8. The number of hydrogen-bond donors (Lipinski definition) is 1. The van der Waals surface area contributed by atoms with Crippen LogP contribution in [0.3, 0.4) is 0 Å². The van der Waals surface area contributed by atoms with Crippen molar-refractivity contribution in [3.05, 3.63) is 28.2 Å². The Bertz CT molecular complexity index is 506. The minimum absolute atomic E-state index is 0.0580. The molecule has 5 heteroatoms. The fraction of sp³-hybridized carbons (Fsp3) is 0.500. The third kappa shape index (κ3) is 3.79. The Labute approximate surface area is 111 Å². The molecule has 0 aromatic heterocycles. The number of rotatable bonds is 4. The van der Waals surface area contributed by atoms with Crippen LogP contribution in [0.4, 0.5) is 0 Å². The Morgan fingerprint density at radius 3 is 2.41 bits per heavy atom. The van der Waals surface area contributed by atoms with E-state index in [2.05, 4.69) is 15.9 Å². The van der Waals surface area contributed by atoms with Gasteiger partial charge in [-0.1, -0.05) is 29.8 Å². The second kappa shape index (κ2) is 5.08. The summed E-state index contributed by atoms with van der Waals surface area (Å²) in [5, 5.41) is 9.13. The predicted octanol–water partition coefficient (Wildman–Crippen LogP) is 2.55. The summed E-state index contributed by atoms with van der Waals surface area (Å²) < 4.78 is 25.2. The molecule has 1 aromatic carbocycles. The summed E-state index contributed by atoms with van der Waals surface area (Å²) in [5.74, 6) is -0.0580. The van der Waals surface area contributed by atoms with Crippen LogP contribution in [-0.4, -0.2) is 25.9 Å². The molecule has 0 fully saturated rings. The van der Waals surface area contributed by atoms with Crippen molar-refractivity contribution in [1.29, 1.82) is 0 Å². The average Bonchev–Trinajstić information content (AvgIpc) is 2.20. The molecule has 0 aliphatic heterocycles. The van der Waals surface area contributed by atoms with Gasteiger partial charge in [0.25, 0.3) is 0 Å². The third-order valence-electron chi connectivity index (χ3n) is 2.50. The minimum atomic E-state index is -3.35. The van der Waals surface area contributed by atoms with E-state index in [1.165, 1.54) is 0 Å². The molecule has 0 aliphatic carbocycles. The van der Waals surface area contributed by atoms with Crippen molar-refractivity contribution in [3.8, 4) is 0 Å². The molecule has 0 saturated heterocycles. The third-order valence-corrected chi connectivity index (χ3v) is 5.52. The number of sulfone groups is 1. The lowest BCUT2D eigenvalue weighted by Crippen LogP contribution is -2.27. The number of aliphatic hydroxyl groups excluding tert-OH is 1. The predicted molar refractivity (Wildman–Crippen MR) is 71.8 cm³/mol. The summed E-state index contributed by atoms with van der Waals surface area (Å²) in [4.78, 5) is 0.305. The standard InChI is InChI=1S/C12H17BrO3S/c1-9-6-10(4-5-11(9)13)17(15,16)8-12(2,3)7-14/h4-6,14H,7-8H2,1-3H3. The molecular weight excluding hydrogens is 304 g/mol. The molecule has 0 bridgehead atoms. The van der Waals surface area contributed by atoms with Crippen molar-refractivity contribution in [2.75, 3.05) is 12.4 Å². The average molecular weight is 321 g/mol. The number of benzene rings is 1. The van der Waals surface area contributed by atoms with Gasteiger partial charge in [-0.15, -0.1) is 0 Å². The zero-order chi connectivity index (χ0) is 13.3. The molecule has 0 radical (unpaired) electrons. The number of hydrogen-bond acceptors (Lipinski definition) is 3. The van der Waals surface area contributed by atoms with Gasteiger partial charge in [-0.3, -0.25) is 0 Å². The van der Waals surface area contributed by atoms with Crippen molar-refractivity contribution in [2.45, 2.75) is 25.7 Å². The maximum Gasteiger partial charge on any atom is 0.178 e. The fourth-order valence-electron chi connectivity index (χ4n) is 1.45. The molecule has 96 valence electrons. The molecule has 0 atom stereocenters. The SMILES string of the molecule is Cc1cc(S(=O)(=O)CC(C)(C)CO)ccc1Br. The first-order valence-corrected chi connectivity index (χ1v) is 7.72. The highest BCUT2D eigenvalue weighted by Crippen LogP contribution is 2.25. The summed E-state index contributed by atoms with van der Waals surface area (Å²) in [7, 11) is -3.35. The van der Waals surface area contributed by atoms with Crippen LogP contribution in [0.25, 0.3) is 0 Å². The van der Waals surface area contributed by atoms with Crippen molar-refractivity contribution in [2.24, 2.45) is 5.41 Å². The monoisotopic (exact) mass is 320 g/mol. The summed E-state index contributed by atoms with van der Waals surface area (Å²) in [6, 6.07) is 4.96. The van der Waals surface area contributed by atoms with E-state index in [0.29, 0.717) is 4.90 Å². The topological polar surface area (TPSA) is 54.4 Å². The molecule has 0 unspecified atom stereocenters. The van der Waals surface area contributed by atoms with Gasteiger partial charge in [-0.05, 0) is 30.7 Å². The van der Waals surface area contributed by atoms with Gasteiger partial charge in [-0.25, -0.2) is 8.42 Å². The lowest BCUT2D eigenvalue weighted by Gasteiger charge is -2.21. The Morgan fingerprint density at radius 2 is 1.94 bits per heavy atom. The van der Waals surface area contributed by atoms with Crippen LogP contribution in [0.15, 0.2) is 27.6 Å². The number of halogens is 1. The van der Waals surface area contributed by atoms with Gasteiger partial charge >= 0.3 is 0 Å². The van der Waals surface area contributed by atoms with Gasteiger partial charge in [-0.2, -0.15) is 0 Å². The molecule has 17 heavy (non-hydrogen) atoms. The lowest BCUT2D eigenvalue weighted by atomic mass is 9.98. The van der Waals surface area contributed by atoms with Crippen LogP contribution in [0.5, 0.6) is 0 Å². The zero-order valence-electron chi connectivity index (χ0n) is 10.2. The van der Waals surface area contributed by atoms with Crippen LogP contribution in [0.1, 0.15) is 19.4 Å². The first kappa shape index (κ1) is 14.7. The van der Waals surface area contributed by atoms with Crippen LogP contribution in [-0.2, 0) is 9.84 Å². The first-order chi connectivity index (χ1) is 7.68. The van der Waals surface area contributed by atoms with E-state index in [4.69, 9.17) is 5.11 Å². The molecule has 3 nitrogen and oxygen atoms in total. The quantitative estimate of drug-likeness (QED) is 0.927. The molecule has 0 amide bonds. The molecule has 0 spiro atoms. The van der Waals surface area contributed by atoms with E-state index in [1.54, 1.807) is 32.0 Å². The van der Waals surface area contributed by atoms with E-state index in [9.17, 15) is 8.42 Å². The second-order valence-corrected chi connectivity index (χ2v) is 7.84. The molecule has 0 aliphatic rings. The van der Waals surface area contributed by atoms with Crippen LogP contribution < -0.4 is 0 Å². The van der Waals surface area contributed by atoms with Gasteiger partial charge in [0.2, 0.25) is 0 Å². The Kier molecular flexibility index (Phi) is 4.38. The Balaban J connectivity index is 3.10. The first-order valence-electron chi connectivity index (χ1n) is 5.28. The minimum Gasteiger partial charge on any atom is -0.396 e. The highest BCUT2D eigenvalue weighted by atomic mass is 79.9. The van der Waals surface area contributed by atoms with E-state index in [1.807, 2.05) is 6.92 Å². The largest absolute Gasteiger partial charge is 0.396 e. The molecule has 1 aromatic rings.